The third-order valence-corrected chi connectivity index (χ3v) is 6.32. The number of anilines is 1. The molecule has 1 fully saturated rings. The van der Waals surface area contributed by atoms with E-state index in [1.165, 1.54) is 35.9 Å². The van der Waals surface area contributed by atoms with Crippen molar-refractivity contribution < 1.29 is 4.79 Å². The smallest absolute Gasteiger partial charge is 0.254 e. The van der Waals surface area contributed by atoms with Crippen LogP contribution in [0, 0.1) is 6.92 Å². The summed E-state index contributed by atoms with van der Waals surface area (Å²) in [6, 6.07) is 3.86. The number of hydrogen-bond acceptors (Lipinski definition) is 6. The normalized spacial score (nSPS) is 17.3. The summed E-state index contributed by atoms with van der Waals surface area (Å²) >= 11 is 1.50. The molecule has 0 saturated carbocycles. The molecule has 4 rings (SSSR count). The van der Waals surface area contributed by atoms with E-state index in [1.54, 1.807) is 6.20 Å². The standard InChI is InChI=1S/C21H27N5OS/c1-14-23-18-8-4-3-6-16(18)19(24-14)26-12-9-15(10-13-26)25-20(27)17-7-5-11-22-21(17)28-2/h5,7,11,15H,3-4,6,8-10,12-13H2,1-2H3,(H,25,27). The molecule has 1 aliphatic carbocycles. The number of amides is 1. The first-order valence-electron chi connectivity index (χ1n) is 10.1. The van der Waals surface area contributed by atoms with Crippen LogP contribution in [0.15, 0.2) is 23.4 Å². The van der Waals surface area contributed by atoms with Crippen molar-refractivity contribution in [3.8, 4) is 0 Å². The lowest BCUT2D eigenvalue weighted by Gasteiger charge is -2.35. The Bertz CT molecular complexity index is 864. The molecule has 2 aromatic heterocycles. The molecule has 0 atom stereocenters. The minimum absolute atomic E-state index is 0.0221. The average Bonchev–Trinajstić information content (AvgIpc) is 2.73. The fourth-order valence-electron chi connectivity index (χ4n) is 4.18. The van der Waals surface area contributed by atoms with Gasteiger partial charge in [0.25, 0.3) is 5.91 Å². The first-order chi connectivity index (χ1) is 13.7. The molecular formula is C21H27N5OS. The van der Waals surface area contributed by atoms with Crippen molar-refractivity contribution in [2.75, 3.05) is 24.2 Å². The molecule has 0 unspecified atom stereocenters. The van der Waals surface area contributed by atoms with E-state index in [9.17, 15) is 4.79 Å². The number of nitrogens with zero attached hydrogens (tertiary/aromatic N) is 4. The van der Waals surface area contributed by atoms with Gasteiger partial charge in [-0.05, 0) is 63.8 Å². The zero-order chi connectivity index (χ0) is 19.5. The third kappa shape index (κ3) is 3.99. The van der Waals surface area contributed by atoms with Crippen LogP contribution in [0.1, 0.15) is 53.1 Å². The summed E-state index contributed by atoms with van der Waals surface area (Å²) in [4.78, 5) is 28.8. The predicted molar refractivity (Wildman–Crippen MR) is 112 cm³/mol. The van der Waals surface area contributed by atoms with Gasteiger partial charge in [0.2, 0.25) is 0 Å². The highest BCUT2D eigenvalue weighted by Gasteiger charge is 2.26. The van der Waals surface area contributed by atoms with Gasteiger partial charge in [0.15, 0.2) is 0 Å². The van der Waals surface area contributed by atoms with Gasteiger partial charge in [0.05, 0.1) is 5.56 Å². The number of rotatable bonds is 4. The number of pyridine rings is 1. The van der Waals surface area contributed by atoms with E-state index >= 15 is 0 Å². The highest BCUT2D eigenvalue weighted by molar-refractivity contribution is 7.98. The number of aromatic nitrogens is 3. The number of nitrogens with one attached hydrogen (secondary N) is 1. The number of hydrogen-bond donors (Lipinski definition) is 1. The molecule has 1 amide bonds. The van der Waals surface area contributed by atoms with Crippen LogP contribution in [-0.4, -0.2) is 46.2 Å². The van der Waals surface area contributed by atoms with Gasteiger partial charge < -0.3 is 10.2 Å². The monoisotopic (exact) mass is 397 g/mol. The number of thioether (sulfide) groups is 1. The molecule has 1 N–H and O–H groups in total. The summed E-state index contributed by atoms with van der Waals surface area (Å²) < 4.78 is 0. The molecule has 7 heteroatoms. The molecule has 6 nitrogen and oxygen atoms in total. The van der Waals surface area contributed by atoms with Gasteiger partial charge in [0.1, 0.15) is 16.7 Å². The molecular weight excluding hydrogens is 370 g/mol. The fraction of sp³-hybridized carbons (Fsp3) is 0.524. The molecule has 2 aromatic rings. The van der Waals surface area contributed by atoms with E-state index < -0.39 is 0 Å². The first kappa shape index (κ1) is 19.2. The lowest BCUT2D eigenvalue weighted by Crippen LogP contribution is -2.45. The molecule has 0 bridgehead atoms. The quantitative estimate of drug-likeness (QED) is 0.799. The number of aryl methyl sites for hydroxylation is 2. The Kier molecular flexibility index (Phi) is 5.80. The lowest BCUT2D eigenvalue weighted by molar-refractivity contribution is 0.0927. The van der Waals surface area contributed by atoms with Crippen molar-refractivity contribution >= 4 is 23.5 Å². The van der Waals surface area contributed by atoms with Crippen molar-refractivity contribution in [3.63, 3.8) is 0 Å². The summed E-state index contributed by atoms with van der Waals surface area (Å²) in [7, 11) is 0. The van der Waals surface area contributed by atoms with Gasteiger partial charge in [-0.2, -0.15) is 0 Å². The second kappa shape index (κ2) is 8.47. The fourth-order valence-corrected chi connectivity index (χ4v) is 4.73. The Morgan fingerprint density at radius 1 is 1.21 bits per heavy atom. The second-order valence-corrected chi connectivity index (χ2v) is 8.32. The van der Waals surface area contributed by atoms with Crippen molar-refractivity contribution in [1.29, 1.82) is 0 Å². The van der Waals surface area contributed by atoms with Crippen LogP contribution < -0.4 is 10.2 Å². The Morgan fingerprint density at radius 2 is 2.00 bits per heavy atom. The minimum atomic E-state index is -0.0221. The summed E-state index contributed by atoms with van der Waals surface area (Å²) in [6.07, 6.45) is 10.1. The number of carbonyl (C=O) groups excluding carboxylic acids is 1. The molecule has 1 aliphatic heterocycles. The zero-order valence-electron chi connectivity index (χ0n) is 16.6. The highest BCUT2D eigenvalue weighted by atomic mass is 32.2. The van der Waals surface area contributed by atoms with Crippen LogP contribution in [0.2, 0.25) is 0 Å². The van der Waals surface area contributed by atoms with Crippen LogP contribution in [0.5, 0.6) is 0 Å². The van der Waals surface area contributed by atoms with Crippen molar-refractivity contribution in [1.82, 2.24) is 20.3 Å². The maximum atomic E-state index is 12.7. The summed E-state index contributed by atoms with van der Waals surface area (Å²) in [5, 5.41) is 3.98. The maximum Gasteiger partial charge on any atom is 0.254 e. The van der Waals surface area contributed by atoms with Crippen LogP contribution >= 0.6 is 11.8 Å². The lowest BCUT2D eigenvalue weighted by atomic mass is 9.95. The van der Waals surface area contributed by atoms with E-state index in [1.807, 2.05) is 25.3 Å². The van der Waals surface area contributed by atoms with Crippen LogP contribution in [0.3, 0.4) is 0 Å². The Hall–Kier alpha value is -2.15. The summed E-state index contributed by atoms with van der Waals surface area (Å²) in [5.74, 6) is 1.97. The van der Waals surface area contributed by atoms with Gasteiger partial charge in [0, 0.05) is 36.6 Å². The van der Waals surface area contributed by atoms with E-state index in [4.69, 9.17) is 4.98 Å². The van der Waals surface area contributed by atoms with Gasteiger partial charge in [-0.25, -0.2) is 15.0 Å². The van der Waals surface area contributed by atoms with Crippen LogP contribution in [0.4, 0.5) is 5.82 Å². The molecule has 0 spiro atoms. The van der Waals surface area contributed by atoms with E-state index in [0.29, 0.717) is 5.56 Å². The van der Waals surface area contributed by atoms with Crippen molar-refractivity contribution in [2.24, 2.45) is 0 Å². The van der Waals surface area contributed by atoms with Crippen molar-refractivity contribution in [3.05, 3.63) is 41.0 Å². The Morgan fingerprint density at radius 3 is 2.79 bits per heavy atom. The molecule has 0 radical (unpaired) electrons. The van der Waals surface area contributed by atoms with Crippen LogP contribution in [0.25, 0.3) is 0 Å². The Labute approximate surface area is 170 Å². The molecule has 1 saturated heterocycles. The summed E-state index contributed by atoms with van der Waals surface area (Å²) in [6.45, 7) is 3.81. The summed E-state index contributed by atoms with van der Waals surface area (Å²) in [5.41, 5.74) is 3.25. The number of fused-ring (bicyclic) bond motifs is 1. The maximum absolute atomic E-state index is 12.7. The van der Waals surface area contributed by atoms with Gasteiger partial charge in [-0.3, -0.25) is 4.79 Å². The minimum Gasteiger partial charge on any atom is -0.356 e. The zero-order valence-corrected chi connectivity index (χ0v) is 17.4. The largest absolute Gasteiger partial charge is 0.356 e. The van der Waals surface area contributed by atoms with Crippen LogP contribution in [-0.2, 0) is 12.8 Å². The average molecular weight is 398 g/mol. The number of piperidine rings is 1. The predicted octanol–water partition coefficient (Wildman–Crippen LogP) is 3.18. The highest BCUT2D eigenvalue weighted by Crippen LogP contribution is 2.30. The Balaban J connectivity index is 1.42. The SMILES string of the molecule is CSc1ncccc1C(=O)NC1CCN(c2nc(C)nc3c2CCCC3)CC1. The van der Waals surface area contributed by atoms with Gasteiger partial charge in [-0.15, -0.1) is 11.8 Å². The van der Waals surface area contributed by atoms with Gasteiger partial charge >= 0.3 is 0 Å². The number of carbonyl (C=O) groups is 1. The van der Waals surface area contributed by atoms with E-state index in [-0.39, 0.29) is 11.9 Å². The molecule has 28 heavy (non-hydrogen) atoms. The molecule has 2 aliphatic rings. The first-order valence-corrected chi connectivity index (χ1v) is 11.3. The third-order valence-electron chi connectivity index (χ3n) is 5.61. The second-order valence-electron chi connectivity index (χ2n) is 7.52. The van der Waals surface area contributed by atoms with Gasteiger partial charge in [-0.1, -0.05) is 0 Å². The molecule has 0 aromatic carbocycles. The van der Waals surface area contributed by atoms with Crippen molar-refractivity contribution in [2.45, 2.75) is 56.5 Å². The molecule has 3 heterocycles. The topological polar surface area (TPSA) is 71.0 Å². The molecule has 148 valence electrons. The van der Waals surface area contributed by atoms with E-state index in [0.717, 1.165) is 55.4 Å². The van der Waals surface area contributed by atoms with E-state index in [2.05, 4.69) is 20.2 Å².